The van der Waals surface area contributed by atoms with Crippen molar-refractivity contribution in [3.8, 4) is 11.1 Å². The number of hydrogen-bond donors (Lipinski definition) is 1. The average Bonchev–Trinajstić information content (AvgIpc) is 3.18. The van der Waals surface area contributed by atoms with Gasteiger partial charge in [0.15, 0.2) is 6.10 Å². The molecule has 1 aromatic heterocycles. The lowest BCUT2D eigenvalue weighted by molar-refractivity contribution is -0.383. The summed E-state index contributed by atoms with van der Waals surface area (Å²) in [7, 11) is 0. The van der Waals surface area contributed by atoms with Crippen LogP contribution in [0, 0.1) is 17.0 Å². The number of nitro benzene ring substituents is 1. The van der Waals surface area contributed by atoms with E-state index in [1.165, 1.54) is 36.5 Å². The summed E-state index contributed by atoms with van der Waals surface area (Å²) < 4.78 is 5.30. The zero-order valence-electron chi connectivity index (χ0n) is 15.7. The van der Waals surface area contributed by atoms with Gasteiger partial charge in [-0.25, -0.2) is 4.79 Å². The van der Waals surface area contributed by atoms with Gasteiger partial charge in [-0.15, -0.1) is 11.3 Å². The lowest BCUT2D eigenvalue weighted by atomic mass is 10.1. The molecule has 29 heavy (non-hydrogen) atoms. The fourth-order valence-corrected chi connectivity index (χ4v) is 3.47. The van der Waals surface area contributed by atoms with E-state index in [9.17, 15) is 19.7 Å². The highest BCUT2D eigenvalue weighted by Gasteiger charge is 2.24. The van der Waals surface area contributed by atoms with Gasteiger partial charge in [0.2, 0.25) is 0 Å². The van der Waals surface area contributed by atoms with E-state index in [1.54, 1.807) is 11.4 Å². The minimum atomic E-state index is -1.13. The number of amides is 1. The number of aryl methyl sites for hydroxylation is 1. The molecule has 1 N–H and O–H groups in total. The number of rotatable bonds is 6. The molecule has 0 radical (unpaired) electrons. The van der Waals surface area contributed by atoms with Crippen LogP contribution in [0.25, 0.3) is 11.1 Å². The predicted molar refractivity (Wildman–Crippen MR) is 111 cm³/mol. The molecule has 0 bridgehead atoms. The number of carbonyl (C=O) groups is 2. The molecule has 1 amide bonds. The summed E-state index contributed by atoms with van der Waals surface area (Å²) >= 11 is 1.23. The standard InChI is InChI=1S/C21H18N2O5S/c1-13-7-9-15(10-8-13)16-11-12-29-19(16)21(25)28-14(2)20(24)22-17-5-3-4-6-18(17)23(26)27/h3-12,14H,1-2H3,(H,22,24)/t14-/m1/s1. The molecule has 148 valence electrons. The zero-order valence-corrected chi connectivity index (χ0v) is 16.6. The molecule has 0 saturated heterocycles. The van der Waals surface area contributed by atoms with Crippen molar-refractivity contribution in [3.05, 3.63) is 80.5 Å². The van der Waals surface area contributed by atoms with Gasteiger partial charge in [-0.1, -0.05) is 42.0 Å². The maximum atomic E-state index is 12.6. The fourth-order valence-electron chi connectivity index (χ4n) is 2.67. The normalized spacial score (nSPS) is 11.5. The molecule has 2 aromatic carbocycles. The molecule has 8 heteroatoms. The number of anilines is 1. The first-order valence-electron chi connectivity index (χ1n) is 8.76. The summed E-state index contributed by atoms with van der Waals surface area (Å²) in [5.74, 6) is -1.28. The second-order valence-corrected chi connectivity index (χ2v) is 7.26. The number of nitrogens with one attached hydrogen (secondary N) is 1. The average molecular weight is 410 g/mol. The Bertz CT molecular complexity index is 1060. The number of nitro groups is 1. The molecule has 0 unspecified atom stereocenters. The van der Waals surface area contributed by atoms with Crippen LogP contribution in [0.1, 0.15) is 22.2 Å². The summed E-state index contributed by atoms with van der Waals surface area (Å²) in [5, 5.41) is 15.3. The molecule has 0 fully saturated rings. The molecule has 3 rings (SSSR count). The van der Waals surface area contributed by atoms with Crippen molar-refractivity contribution in [1.29, 1.82) is 0 Å². The van der Waals surface area contributed by atoms with Gasteiger partial charge in [-0.2, -0.15) is 0 Å². The van der Waals surface area contributed by atoms with Gasteiger partial charge >= 0.3 is 5.97 Å². The highest BCUT2D eigenvalue weighted by Crippen LogP contribution is 2.30. The molecule has 0 aliphatic rings. The third-order valence-corrected chi connectivity index (χ3v) is 5.12. The Kier molecular flexibility index (Phi) is 6.04. The summed E-state index contributed by atoms with van der Waals surface area (Å²) in [6, 6.07) is 15.3. The second kappa shape index (κ2) is 8.66. The van der Waals surface area contributed by atoms with Crippen molar-refractivity contribution in [2.24, 2.45) is 0 Å². The van der Waals surface area contributed by atoms with Gasteiger partial charge in [-0.3, -0.25) is 14.9 Å². The Hall–Kier alpha value is -3.52. The molecule has 1 heterocycles. The lowest BCUT2D eigenvalue weighted by Crippen LogP contribution is -2.30. The number of para-hydroxylation sites is 2. The molecule has 0 saturated carbocycles. The Morgan fingerprint density at radius 2 is 1.79 bits per heavy atom. The van der Waals surface area contributed by atoms with Gasteiger partial charge in [0.05, 0.1) is 4.92 Å². The van der Waals surface area contributed by atoms with E-state index in [2.05, 4.69) is 5.32 Å². The van der Waals surface area contributed by atoms with Gasteiger partial charge in [0.25, 0.3) is 11.6 Å². The van der Waals surface area contributed by atoms with Gasteiger partial charge in [0, 0.05) is 11.6 Å². The van der Waals surface area contributed by atoms with Crippen molar-refractivity contribution in [3.63, 3.8) is 0 Å². The first-order valence-corrected chi connectivity index (χ1v) is 9.64. The SMILES string of the molecule is Cc1ccc(-c2ccsc2C(=O)O[C@H](C)C(=O)Nc2ccccc2[N+](=O)[O-])cc1. The minimum Gasteiger partial charge on any atom is -0.448 e. The molecule has 3 aromatic rings. The van der Waals surface area contributed by atoms with Crippen molar-refractivity contribution in [2.45, 2.75) is 20.0 Å². The maximum absolute atomic E-state index is 12.6. The maximum Gasteiger partial charge on any atom is 0.349 e. The quantitative estimate of drug-likeness (QED) is 0.357. The third kappa shape index (κ3) is 4.67. The van der Waals surface area contributed by atoms with Crippen LogP contribution in [0.4, 0.5) is 11.4 Å². The Balaban J connectivity index is 1.72. The van der Waals surface area contributed by atoms with Crippen LogP contribution in [0.2, 0.25) is 0 Å². The van der Waals surface area contributed by atoms with Crippen LogP contribution >= 0.6 is 11.3 Å². The van der Waals surface area contributed by atoms with Crippen molar-refractivity contribution in [1.82, 2.24) is 0 Å². The molecular formula is C21H18N2O5S. The van der Waals surface area contributed by atoms with Gasteiger partial charge in [0.1, 0.15) is 10.6 Å². The number of carbonyl (C=O) groups excluding carboxylic acids is 2. The summed E-state index contributed by atoms with van der Waals surface area (Å²) in [4.78, 5) is 35.9. The highest BCUT2D eigenvalue weighted by molar-refractivity contribution is 7.12. The molecule has 0 spiro atoms. The smallest absolute Gasteiger partial charge is 0.349 e. The summed E-state index contributed by atoms with van der Waals surface area (Å²) in [6.07, 6.45) is -1.13. The number of hydrogen-bond acceptors (Lipinski definition) is 6. The van der Waals surface area contributed by atoms with Crippen molar-refractivity contribution >= 4 is 34.6 Å². The topological polar surface area (TPSA) is 98.5 Å². The first kappa shape index (κ1) is 20.2. The Morgan fingerprint density at radius 3 is 2.48 bits per heavy atom. The van der Waals surface area contributed by atoms with Gasteiger partial charge in [-0.05, 0) is 36.9 Å². The number of esters is 1. The van der Waals surface area contributed by atoms with E-state index in [0.717, 1.165) is 16.7 Å². The number of nitrogens with zero attached hydrogens (tertiary/aromatic N) is 1. The van der Waals surface area contributed by atoms with Gasteiger partial charge < -0.3 is 10.1 Å². The molecule has 0 aliphatic carbocycles. The summed E-state index contributed by atoms with van der Waals surface area (Å²) in [5.41, 5.74) is 2.52. The molecule has 1 atom stereocenters. The van der Waals surface area contributed by atoms with Crippen LogP contribution in [-0.4, -0.2) is 22.9 Å². The second-order valence-electron chi connectivity index (χ2n) is 6.34. The highest BCUT2D eigenvalue weighted by atomic mass is 32.1. The number of benzene rings is 2. The number of thiophene rings is 1. The van der Waals surface area contributed by atoms with Crippen LogP contribution in [0.15, 0.2) is 60.0 Å². The van der Waals surface area contributed by atoms with E-state index < -0.39 is 22.9 Å². The first-order chi connectivity index (χ1) is 13.9. The van der Waals surface area contributed by atoms with Crippen LogP contribution in [0.3, 0.4) is 0 Å². The van der Waals surface area contributed by atoms with E-state index in [-0.39, 0.29) is 11.4 Å². The molecule has 7 nitrogen and oxygen atoms in total. The fraction of sp³-hybridized carbons (Fsp3) is 0.143. The third-order valence-electron chi connectivity index (χ3n) is 4.22. The largest absolute Gasteiger partial charge is 0.448 e. The van der Waals surface area contributed by atoms with Crippen LogP contribution < -0.4 is 5.32 Å². The van der Waals surface area contributed by atoms with Crippen molar-refractivity contribution in [2.75, 3.05) is 5.32 Å². The molecular weight excluding hydrogens is 392 g/mol. The lowest BCUT2D eigenvalue weighted by Gasteiger charge is -2.14. The van der Waals surface area contributed by atoms with E-state index >= 15 is 0 Å². The van der Waals surface area contributed by atoms with E-state index in [0.29, 0.717) is 4.88 Å². The van der Waals surface area contributed by atoms with Crippen LogP contribution in [0.5, 0.6) is 0 Å². The van der Waals surface area contributed by atoms with Crippen molar-refractivity contribution < 1.29 is 19.2 Å². The van der Waals surface area contributed by atoms with E-state index in [1.807, 2.05) is 37.3 Å². The predicted octanol–water partition coefficient (Wildman–Crippen LogP) is 4.82. The molecule has 0 aliphatic heterocycles. The Morgan fingerprint density at radius 1 is 1.10 bits per heavy atom. The zero-order chi connectivity index (χ0) is 21.0. The van der Waals surface area contributed by atoms with Crippen LogP contribution in [-0.2, 0) is 9.53 Å². The monoisotopic (exact) mass is 410 g/mol. The van der Waals surface area contributed by atoms with E-state index in [4.69, 9.17) is 4.74 Å². The minimum absolute atomic E-state index is 0.0434. The summed E-state index contributed by atoms with van der Waals surface area (Å²) in [6.45, 7) is 3.39. The Labute approximate surface area is 171 Å². The number of ether oxygens (including phenoxy) is 1.